The highest BCUT2D eigenvalue weighted by molar-refractivity contribution is 9.10. The monoisotopic (exact) mass is 352 g/mol. The molecule has 1 N–H and O–H groups in total. The first kappa shape index (κ1) is 16.3. The van der Waals surface area contributed by atoms with Gasteiger partial charge in [-0.2, -0.15) is 0 Å². The first-order valence-electron chi connectivity index (χ1n) is 5.99. The van der Waals surface area contributed by atoms with Gasteiger partial charge in [-0.05, 0) is 49.0 Å². The minimum atomic E-state index is -1.07. The van der Waals surface area contributed by atoms with Crippen molar-refractivity contribution in [2.75, 3.05) is 0 Å². The molecular weight excluding hydrogens is 332 g/mol. The predicted octanol–water partition coefficient (Wildman–Crippen LogP) is 4.04. The largest absolute Gasteiger partial charge is 0.242 e. The Labute approximate surface area is 125 Å². The lowest BCUT2D eigenvalue weighted by Gasteiger charge is -2.24. The van der Waals surface area contributed by atoms with E-state index in [1.54, 1.807) is 11.3 Å². The van der Waals surface area contributed by atoms with Crippen LogP contribution in [0, 0.1) is 5.92 Å². The van der Waals surface area contributed by atoms with Gasteiger partial charge >= 0.3 is 0 Å². The van der Waals surface area contributed by atoms with Crippen LogP contribution in [0.2, 0.25) is 0 Å². The third-order valence-corrected chi connectivity index (χ3v) is 5.58. The molecule has 0 fully saturated rings. The Kier molecular flexibility index (Phi) is 5.96. The lowest BCUT2D eigenvalue weighted by Crippen LogP contribution is -2.36. The van der Waals surface area contributed by atoms with Gasteiger partial charge in [0.2, 0.25) is 0 Å². The molecule has 18 heavy (non-hydrogen) atoms. The third-order valence-electron chi connectivity index (χ3n) is 2.30. The van der Waals surface area contributed by atoms with E-state index in [1.807, 2.05) is 26.2 Å². The van der Waals surface area contributed by atoms with Crippen molar-refractivity contribution >= 4 is 38.3 Å². The fourth-order valence-corrected chi connectivity index (χ4v) is 3.63. The van der Waals surface area contributed by atoms with E-state index >= 15 is 0 Å². The van der Waals surface area contributed by atoms with E-state index in [-0.39, 0.29) is 10.8 Å². The highest BCUT2D eigenvalue weighted by Gasteiger charge is 2.25. The first-order chi connectivity index (χ1) is 8.20. The maximum Gasteiger partial charge on any atom is 0.117 e. The molecule has 0 aliphatic carbocycles. The molecule has 104 valence electrons. The van der Waals surface area contributed by atoms with Crippen molar-refractivity contribution in [3.8, 4) is 0 Å². The van der Waals surface area contributed by atoms with Crippen molar-refractivity contribution in [2.45, 2.75) is 51.8 Å². The molecule has 0 spiro atoms. The standard InChI is InChI=1S/C12H21BrN2OS2/c1-8(2)6-9(11-14-10(13)7-17-11)15-18(16)12(3,4)5/h7-9,15H,6H2,1-5H3/t9-,18?/m0/s1. The van der Waals surface area contributed by atoms with Crippen LogP contribution in [0.5, 0.6) is 0 Å². The summed E-state index contributed by atoms with van der Waals surface area (Å²) in [6.07, 6.45) is 0.932. The minimum Gasteiger partial charge on any atom is -0.242 e. The summed E-state index contributed by atoms with van der Waals surface area (Å²) < 4.78 is 16.0. The summed E-state index contributed by atoms with van der Waals surface area (Å²) >= 11 is 4.97. The van der Waals surface area contributed by atoms with Crippen LogP contribution < -0.4 is 4.72 Å². The molecule has 1 rings (SSSR count). The molecular formula is C12H21BrN2OS2. The van der Waals surface area contributed by atoms with Crippen LogP contribution in [0.15, 0.2) is 9.98 Å². The van der Waals surface area contributed by atoms with E-state index in [0.717, 1.165) is 16.0 Å². The fourth-order valence-electron chi connectivity index (χ4n) is 1.40. The maximum atomic E-state index is 12.2. The number of thiazole rings is 1. The predicted molar refractivity (Wildman–Crippen MR) is 83.0 cm³/mol. The van der Waals surface area contributed by atoms with E-state index in [0.29, 0.717) is 5.92 Å². The lowest BCUT2D eigenvalue weighted by molar-refractivity contribution is 0.478. The van der Waals surface area contributed by atoms with Gasteiger partial charge < -0.3 is 0 Å². The van der Waals surface area contributed by atoms with Gasteiger partial charge in [-0.25, -0.2) is 13.9 Å². The molecule has 0 bridgehead atoms. The molecule has 3 nitrogen and oxygen atoms in total. The summed E-state index contributed by atoms with van der Waals surface area (Å²) in [5.41, 5.74) is 0. The van der Waals surface area contributed by atoms with Crippen LogP contribution in [0.3, 0.4) is 0 Å². The van der Waals surface area contributed by atoms with Crippen LogP contribution in [-0.2, 0) is 11.0 Å². The summed E-state index contributed by atoms with van der Waals surface area (Å²) in [4.78, 5) is 4.44. The van der Waals surface area contributed by atoms with Crippen LogP contribution >= 0.6 is 27.3 Å². The zero-order chi connectivity index (χ0) is 13.9. The fraction of sp³-hybridized carbons (Fsp3) is 0.750. The highest BCUT2D eigenvalue weighted by Crippen LogP contribution is 2.27. The van der Waals surface area contributed by atoms with E-state index < -0.39 is 11.0 Å². The quantitative estimate of drug-likeness (QED) is 0.868. The first-order valence-corrected chi connectivity index (χ1v) is 8.81. The Hall–Kier alpha value is 0.220. The maximum absolute atomic E-state index is 12.2. The molecule has 0 aliphatic heterocycles. The van der Waals surface area contributed by atoms with E-state index in [1.165, 1.54) is 0 Å². The van der Waals surface area contributed by atoms with Gasteiger partial charge in [0.05, 0.1) is 21.8 Å². The number of hydrogen-bond donors (Lipinski definition) is 1. The van der Waals surface area contributed by atoms with Gasteiger partial charge in [-0.1, -0.05) is 13.8 Å². The molecule has 0 saturated heterocycles. The average Bonchev–Trinajstić information content (AvgIpc) is 2.61. The molecule has 0 saturated carbocycles. The molecule has 1 unspecified atom stereocenters. The second kappa shape index (κ2) is 6.59. The van der Waals surface area contributed by atoms with Gasteiger partial charge in [-0.3, -0.25) is 0 Å². The Morgan fingerprint density at radius 3 is 2.50 bits per heavy atom. The number of rotatable bonds is 5. The summed E-state index contributed by atoms with van der Waals surface area (Å²) in [5, 5.41) is 2.96. The Morgan fingerprint density at radius 2 is 2.11 bits per heavy atom. The second-order valence-corrected chi connectivity index (χ2v) is 9.39. The van der Waals surface area contributed by atoms with Crippen molar-refractivity contribution in [1.29, 1.82) is 0 Å². The van der Waals surface area contributed by atoms with Crippen molar-refractivity contribution in [1.82, 2.24) is 9.71 Å². The van der Waals surface area contributed by atoms with Crippen molar-refractivity contribution in [3.05, 3.63) is 15.0 Å². The third kappa shape index (κ3) is 5.07. The summed E-state index contributed by atoms with van der Waals surface area (Å²) in [5.74, 6) is 0.530. The van der Waals surface area contributed by atoms with Gasteiger partial charge in [0, 0.05) is 5.38 Å². The summed E-state index contributed by atoms with van der Waals surface area (Å²) in [7, 11) is -1.07. The molecule has 1 heterocycles. The molecule has 1 aromatic rings. The van der Waals surface area contributed by atoms with E-state index in [4.69, 9.17) is 0 Å². The second-order valence-electron chi connectivity index (χ2n) is 5.69. The van der Waals surface area contributed by atoms with Gasteiger partial charge in [-0.15, -0.1) is 11.3 Å². The van der Waals surface area contributed by atoms with Crippen LogP contribution in [-0.4, -0.2) is 13.9 Å². The Balaban J connectivity index is 2.83. The van der Waals surface area contributed by atoms with Gasteiger partial charge in [0.25, 0.3) is 0 Å². The molecule has 2 atom stereocenters. The van der Waals surface area contributed by atoms with Crippen LogP contribution in [0.4, 0.5) is 0 Å². The van der Waals surface area contributed by atoms with Crippen LogP contribution in [0.25, 0.3) is 0 Å². The average molecular weight is 353 g/mol. The van der Waals surface area contributed by atoms with Crippen molar-refractivity contribution in [3.63, 3.8) is 0 Å². The number of nitrogens with one attached hydrogen (secondary N) is 1. The molecule has 1 aromatic heterocycles. The Morgan fingerprint density at radius 1 is 1.50 bits per heavy atom. The molecule has 6 heteroatoms. The van der Waals surface area contributed by atoms with E-state index in [2.05, 4.69) is 39.5 Å². The van der Waals surface area contributed by atoms with Crippen molar-refractivity contribution in [2.24, 2.45) is 5.92 Å². The minimum absolute atomic E-state index is 0.0568. The number of aromatic nitrogens is 1. The number of halogens is 1. The van der Waals surface area contributed by atoms with Crippen LogP contribution in [0.1, 0.15) is 52.1 Å². The molecule has 0 aromatic carbocycles. The SMILES string of the molecule is CC(C)C[C@H](NS(=O)C(C)(C)C)c1nc(Br)cs1. The van der Waals surface area contributed by atoms with E-state index in [9.17, 15) is 4.21 Å². The topological polar surface area (TPSA) is 42.0 Å². The molecule has 0 aliphatic rings. The number of hydrogen-bond acceptors (Lipinski definition) is 3. The normalized spacial score (nSPS) is 15.9. The lowest BCUT2D eigenvalue weighted by atomic mass is 10.1. The Bertz CT molecular complexity index is 412. The summed E-state index contributed by atoms with van der Waals surface area (Å²) in [6.45, 7) is 10.2. The number of nitrogens with zero attached hydrogens (tertiary/aromatic N) is 1. The summed E-state index contributed by atoms with van der Waals surface area (Å²) in [6, 6.07) is 0.0568. The smallest absolute Gasteiger partial charge is 0.117 e. The van der Waals surface area contributed by atoms with Gasteiger partial charge in [0.15, 0.2) is 0 Å². The zero-order valence-corrected chi connectivity index (χ0v) is 14.7. The van der Waals surface area contributed by atoms with Crippen molar-refractivity contribution < 1.29 is 4.21 Å². The molecule has 0 amide bonds. The van der Waals surface area contributed by atoms with Gasteiger partial charge in [0.1, 0.15) is 9.61 Å². The zero-order valence-electron chi connectivity index (χ0n) is 11.5. The molecule has 0 radical (unpaired) electrons. The highest BCUT2D eigenvalue weighted by atomic mass is 79.9.